The van der Waals surface area contributed by atoms with Crippen LogP contribution in [0.2, 0.25) is 0 Å². The molecule has 0 aromatic heterocycles. The van der Waals surface area contributed by atoms with E-state index in [4.69, 9.17) is 10.8 Å². The molecule has 49 heavy (non-hydrogen) atoms. The average molecular weight is 700 g/mol. The second kappa shape index (κ2) is 25.2. The van der Waals surface area contributed by atoms with Crippen LogP contribution in [0.3, 0.4) is 0 Å². The first-order valence-electron chi connectivity index (χ1n) is 16.2. The number of amides is 8. The van der Waals surface area contributed by atoms with Crippen molar-refractivity contribution in [1.29, 1.82) is 0 Å². The molecule has 0 radical (unpaired) electrons. The first-order valence-corrected chi connectivity index (χ1v) is 16.2. The summed E-state index contributed by atoms with van der Waals surface area (Å²) in [5.41, 5.74) is 5.35. The second-order valence-electron chi connectivity index (χ2n) is 11.7. The van der Waals surface area contributed by atoms with Gasteiger partial charge in [-0.05, 0) is 50.9 Å². The number of aliphatic carboxylic acids is 1. The van der Waals surface area contributed by atoms with Crippen molar-refractivity contribution >= 4 is 53.2 Å². The van der Waals surface area contributed by atoms with Crippen molar-refractivity contribution in [1.82, 2.24) is 42.5 Å². The van der Waals surface area contributed by atoms with E-state index >= 15 is 0 Å². The van der Waals surface area contributed by atoms with E-state index in [1.807, 2.05) is 13.8 Å². The zero-order valence-corrected chi connectivity index (χ0v) is 28.7. The number of rotatable bonds is 25. The lowest BCUT2D eigenvalue weighted by Crippen LogP contribution is -2.54. The molecule has 0 fully saturated rings. The van der Waals surface area contributed by atoms with Gasteiger partial charge in [0.25, 0.3) is 0 Å². The summed E-state index contributed by atoms with van der Waals surface area (Å²) in [6.45, 7) is 5.01. The van der Waals surface area contributed by atoms with Gasteiger partial charge in [-0.1, -0.05) is 13.8 Å². The maximum absolute atomic E-state index is 13.0. The molecule has 0 spiro atoms. The summed E-state index contributed by atoms with van der Waals surface area (Å²) in [5, 5.41) is 28.6. The van der Waals surface area contributed by atoms with Crippen molar-refractivity contribution in [2.45, 2.75) is 90.8 Å². The average Bonchev–Trinajstić information content (AvgIpc) is 3.02. The van der Waals surface area contributed by atoms with Crippen molar-refractivity contribution in [2.24, 2.45) is 11.7 Å². The third-order valence-electron chi connectivity index (χ3n) is 6.69. The molecule has 3 atom stereocenters. The Morgan fingerprint density at radius 2 is 0.939 bits per heavy atom. The number of carboxylic acids is 1. The van der Waals surface area contributed by atoms with E-state index in [9.17, 15) is 43.2 Å². The van der Waals surface area contributed by atoms with E-state index in [0.29, 0.717) is 38.8 Å². The van der Waals surface area contributed by atoms with Gasteiger partial charge in [0.15, 0.2) is 0 Å². The molecule has 0 aliphatic carbocycles. The predicted octanol–water partition coefficient (Wildman–Crippen LogP) is -3.51. The smallest absolute Gasteiger partial charge is 0.322 e. The zero-order valence-electron chi connectivity index (χ0n) is 28.7. The van der Waals surface area contributed by atoms with Gasteiger partial charge in [0.2, 0.25) is 47.3 Å². The molecule has 0 aliphatic heterocycles. The number of carboxylic acid groups (broad SMARTS) is 1. The molecule has 0 saturated heterocycles. The van der Waals surface area contributed by atoms with Gasteiger partial charge in [-0.25, -0.2) is 0 Å². The normalized spacial score (nSPS) is 12.4. The summed E-state index contributed by atoms with van der Waals surface area (Å²) in [4.78, 5) is 108. The van der Waals surface area contributed by atoms with Crippen LogP contribution < -0.4 is 48.3 Å². The maximum Gasteiger partial charge on any atom is 0.322 e. The number of carbonyl (C=O) groups excluding carboxylic acids is 8. The van der Waals surface area contributed by atoms with E-state index in [2.05, 4.69) is 42.5 Å². The van der Waals surface area contributed by atoms with Gasteiger partial charge in [-0.15, -0.1) is 0 Å². The van der Waals surface area contributed by atoms with Crippen molar-refractivity contribution in [2.75, 3.05) is 39.3 Å². The molecular weight excluding hydrogens is 646 g/mol. The number of carbonyl (C=O) groups is 9. The molecule has 278 valence electrons. The Hall–Kier alpha value is -4.81. The van der Waals surface area contributed by atoms with Crippen molar-refractivity contribution < 1.29 is 48.3 Å². The molecule has 19 nitrogen and oxygen atoms in total. The van der Waals surface area contributed by atoms with Crippen molar-refractivity contribution in [3.8, 4) is 0 Å². The summed E-state index contributed by atoms with van der Waals surface area (Å²) in [7, 11) is 0. The Morgan fingerprint density at radius 1 is 0.551 bits per heavy atom. The van der Waals surface area contributed by atoms with Gasteiger partial charge < -0.3 is 53.4 Å². The highest BCUT2D eigenvalue weighted by Crippen LogP contribution is 2.06. The lowest BCUT2D eigenvalue weighted by atomic mass is 10.0. The van der Waals surface area contributed by atoms with Gasteiger partial charge in [-0.3, -0.25) is 43.2 Å². The minimum absolute atomic E-state index is 0.0624. The Kier molecular flexibility index (Phi) is 22.8. The summed E-state index contributed by atoms with van der Waals surface area (Å²) in [6.07, 6.45) is 2.47. The van der Waals surface area contributed by atoms with Gasteiger partial charge in [0, 0.05) is 26.9 Å². The van der Waals surface area contributed by atoms with Gasteiger partial charge >= 0.3 is 5.97 Å². The Morgan fingerprint density at radius 3 is 1.33 bits per heavy atom. The second-order valence-corrected chi connectivity index (χ2v) is 11.7. The fourth-order valence-corrected chi connectivity index (χ4v) is 4.33. The highest BCUT2D eigenvalue weighted by atomic mass is 16.4. The highest BCUT2D eigenvalue weighted by molar-refractivity contribution is 5.94. The van der Waals surface area contributed by atoms with E-state index in [-0.39, 0.29) is 43.5 Å². The molecule has 0 aliphatic rings. The van der Waals surface area contributed by atoms with Gasteiger partial charge in [0.1, 0.15) is 24.7 Å². The fraction of sp³-hybridized carbons (Fsp3) is 0.700. The molecule has 0 saturated carbocycles. The van der Waals surface area contributed by atoms with E-state index < -0.39 is 79.2 Å². The molecule has 0 rings (SSSR count). The summed E-state index contributed by atoms with van der Waals surface area (Å²) < 4.78 is 0. The summed E-state index contributed by atoms with van der Waals surface area (Å²) in [6, 6.07) is -3.17. The molecule has 0 aromatic carbocycles. The molecule has 0 heterocycles. The Labute approximate surface area is 285 Å². The first kappa shape index (κ1) is 44.2. The molecule has 0 unspecified atom stereocenters. The quantitative estimate of drug-likeness (QED) is 0.0417. The lowest BCUT2D eigenvalue weighted by Gasteiger charge is -2.22. The molecule has 11 N–H and O–H groups in total. The Balaban J connectivity index is 5.18. The first-order chi connectivity index (χ1) is 23.0. The van der Waals surface area contributed by atoms with Gasteiger partial charge in [0.05, 0.1) is 19.6 Å². The molecular formula is C30H53N9O10. The van der Waals surface area contributed by atoms with Crippen LogP contribution in [0.5, 0.6) is 0 Å². The maximum atomic E-state index is 13.0. The third kappa shape index (κ3) is 23.2. The highest BCUT2D eigenvalue weighted by Gasteiger charge is 2.26. The van der Waals surface area contributed by atoms with E-state index in [1.54, 1.807) is 0 Å². The van der Waals surface area contributed by atoms with Gasteiger partial charge in [-0.2, -0.15) is 0 Å². The minimum atomic E-state index is -1.28. The molecule has 19 heteroatoms. The van der Waals surface area contributed by atoms with E-state index in [1.165, 1.54) is 13.8 Å². The number of unbranched alkanes of at least 4 members (excludes halogenated alkanes) is 2. The van der Waals surface area contributed by atoms with Crippen LogP contribution in [0.4, 0.5) is 0 Å². The monoisotopic (exact) mass is 699 g/mol. The number of hydrogen-bond donors (Lipinski definition) is 10. The largest absolute Gasteiger partial charge is 0.480 e. The van der Waals surface area contributed by atoms with E-state index in [0.717, 1.165) is 0 Å². The van der Waals surface area contributed by atoms with Crippen molar-refractivity contribution in [3.05, 3.63) is 0 Å². The van der Waals surface area contributed by atoms with Crippen LogP contribution >= 0.6 is 0 Å². The fourth-order valence-electron chi connectivity index (χ4n) is 4.33. The SMILES string of the molecule is CC(=O)NCCCC[C@H](NC(=O)CN)C(=O)NCC(=O)N[C@@H](CC(C)C)C(=O)NCC(=O)N[C@@H](CCCCNC(C)=O)C(=O)NCC(=O)O. The summed E-state index contributed by atoms with van der Waals surface area (Å²) >= 11 is 0. The predicted molar refractivity (Wildman–Crippen MR) is 176 cm³/mol. The van der Waals surface area contributed by atoms with Crippen LogP contribution in [0.25, 0.3) is 0 Å². The van der Waals surface area contributed by atoms with Crippen LogP contribution in [0, 0.1) is 5.92 Å². The topological polar surface area (TPSA) is 296 Å². The van der Waals surface area contributed by atoms with Crippen LogP contribution in [0.1, 0.15) is 72.6 Å². The minimum Gasteiger partial charge on any atom is -0.480 e. The Bertz CT molecular complexity index is 1150. The standard InChI is InChI=1S/C30H53N9O10/c1-18(2)13-23(39-26(44)16-34-28(47)21(37-24(42)14-31)9-5-7-11-32-19(3)40)30(49)35-15-25(43)38-22(29(48)36-17-27(45)46)10-6-8-12-33-20(4)41/h18,21-23H,5-17,31H2,1-4H3,(H,32,40)(H,33,41)(H,34,47)(H,35,49)(H,36,48)(H,37,42)(H,38,43)(H,39,44)(H,45,46)/t21-,22-,23-/m0/s1. The molecule has 0 bridgehead atoms. The van der Waals surface area contributed by atoms with Crippen LogP contribution in [0.15, 0.2) is 0 Å². The van der Waals surface area contributed by atoms with Crippen molar-refractivity contribution in [3.63, 3.8) is 0 Å². The molecule has 8 amide bonds. The summed E-state index contributed by atoms with van der Waals surface area (Å²) in [5.74, 6) is -5.84. The zero-order chi connectivity index (χ0) is 37.4. The molecule has 0 aromatic rings. The van der Waals surface area contributed by atoms with Crippen LogP contribution in [-0.4, -0.2) is 116 Å². The number of nitrogens with two attached hydrogens (primary N) is 1. The number of nitrogens with one attached hydrogen (secondary N) is 8. The third-order valence-corrected chi connectivity index (χ3v) is 6.69. The lowest BCUT2D eigenvalue weighted by molar-refractivity contribution is -0.138. The number of hydrogen-bond acceptors (Lipinski definition) is 10. The van der Waals surface area contributed by atoms with Crippen LogP contribution in [-0.2, 0) is 43.2 Å².